The van der Waals surface area contributed by atoms with E-state index in [1.54, 1.807) is 6.33 Å². The Bertz CT molecular complexity index is 575. The average Bonchev–Trinajstić information content (AvgIpc) is 2.90. The van der Waals surface area contributed by atoms with Gasteiger partial charge in [0.25, 0.3) is 0 Å². The van der Waals surface area contributed by atoms with E-state index < -0.39 is 0 Å². The van der Waals surface area contributed by atoms with Crippen molar-refractivity contribution >= 4 is 22.4 Å². The third-order valence-corrected chi connectivity index (χ3v) is 4.01. The van der Waals surface area contributed by atoms with Gasteiger partial charge in [-0.05, 0) is 37.0 Å². The van der Waals surface area contributed by atoms with E-state index in [4.69, 9.17) is 5.73 Å². The molecule has 1 aromatic carbocycles. The fourth-order valence-electron chi connectivity index (χ4n) is 3.03. The van der Waals surface area contributed by atoms with Crippen LogP contribution >= 0.6 is 0 Å². The second-order valence-electron chi connectivity index (χ2n) is 5.50. The zero-order valence-corrected chi connectivity index (χ0v) is 11.3. The van der Waals surface area contributed by atoms with E-state index in [1.807, 2.05) is 18.2 Å². The second kappa shape index (κ2) is 5.03. The van der Waals surface area contributed by atoms with Crippen molar-refractivity contribution in [1.82, 2.24) is 9.97 Å². The molecule has 0 atom stereocenters. The summed E-state index contributed by atoms with van der Waals surface area (Å²) < 4.78 is 0. The Kier molecular flexibility index (Phi) is 3.23. The van der Waals surface area contributed by atoms with Gasteiger partial charge in [0.05, 0.1) is 5.52 Å². The van der Waals surface area contributed by atoms with Gasteiger partial charge >= 0.3 is 0 Å². The van der Waals surface area contributed by atoms with Gasteiger partial charge in [-0.3, -0.25) is 0 Å². The highest BCUT2D eigenvalue weighted by atomic mass is 15.2. The molecule has 0 spiro atoms. The molecule has 4 nitrogen and oxygen atoms in total. The van der Waals surface area contributed by atoms with Gasteiger partial charge in [-0.25, -0.2) is 9.97 Å². The van der Waals surface area contributed by atoms with Gasteiger partial charge in [0, 0.05) is 24.7 Å². The number of nitrogens with zero attached hydrogens (tertiary/aromatic N) is 3. The van der Waals surface area contributed by atoms with Crippen LogP contribution in [0.15, 0.2) is 24.5 Å². The quantitative estimate of drug-likeness (QED) is 0.858. The van der Waals surface area contributed by atoms with Crippen LogP contribution in [0.3, 0.4) is 0 Å². The molecule has 1 aliphatic carbocycles. The lowest BCUT2D eigenvalue weighted by Crippen LogP contribution is -2.25. The summed E-state index contributed by atoms with van der Waals surface area (Å²) in [6.07, 6.45) is 7.07. The van der Waals surface area contributed by atoms with Gasteiger partial charge in [-0.2, -0.15) is 0 Å². The molecule has 100 valence electrons. The van der Waals surface area contributed by atoms with E-state index in [1.165, 1.54) is 25.7 Å². The van der Waals surface area contributed by atoms with Gasteiger partial charge in [0.1, 0.15) is 12.1 Å². The maximum atomic E-state index is 5.88. The first-order valence-corrected chi connectivity index (χ1v) is 6.95. The summed E-state index contributed by atoms with van der Waals surface area (Å²) in [5.41, 5.74) is 7.60. The molecule has 1 saturated carbocycles. The lowest BCUT2D eigenvalue weighted by molar-refractivity contribution is 0.545. The summed E-state index contributed by atoms with van der Waals surface area (Å²) in [6, 6.07) is 5.81. The first kappa shape index (κ1) is 12.2. The first-order chi connectivity index (χ1) is 9.24. The van der Waals surface area contributed by atoms with Crippen molar-refractivity contribution in [1.29, 1.82) is 0 Å². The van der Waals surface area contributed by atoms with Gasteiger partial charge in [-0.15, -0.1) is 0 Å². The lowest BCUT2D eigenvalue weighted by Gasteiger charge is -2.23. The van der Waals surface area contributed by atoms with Crippen molar-refractivity contribution in [3.05, 3.63) is 24.5 Å². The number of nitrogens with two attached hydrogens (primary N) is 1. The maximum absolute atomic E-state index is 5.88. The van der Waals surface area contributed by atoms with Gasteiger partial charge in [0.15, 0.2) is 0 Å². The smallest absolute Gasteiger partial charge is 0.139 e. The molecule has 1 heterocycles. The number of rotatable bonds is 3. The van der Waals surface area contributed by atoms with Crippen molar-refractivity contribution in [2.75, 3.05) is 24.2 Å². The van der Waals surface area contributed by atoms with Crippen molar-refractivity contribution in [3.63, 3.8) is 0 Å². The molecule has 1 aromatic heterocycles. The Morgan fingerprint density at radius 3 is 2.84 bits per heavy atom. The maximum Gasteiger partial charge on any atom is 0.139 e. The Morgan fingerprint density at radius 1 is 1.26 bits per heavy atom. The van der Waals surface area contributed by atoms with Crippen LogP contribution in [0.4, 0.5) is 11.5 Å². The predicted octanol–water partition coefficient (Wildman–Crippen LogP) is 2.84. The van der Waals surface area contributed by atoms with Crippen molar-refractivity contribution < 1.29 is 0 Å². The van der Waals surface area contributed by atoms with E-state index in [0.717, 1.165) is 34.9 Å². The Morgan fingerprint density at radius 2 is 2.05 bits per heavy atom. The Hall–Kier alpha value is -1.84. The molecule has 3 rings (SSSR count). The van der Waals surface area contributed by atoms with Crippen LogP contribution in [0.25, 0.3) is 10.9 Å². The molecule has 0 saturated heterocycles. The van der Waals surface area contributed by atoms with E-state index in [-0.39, 0.29) is 0 Å². The summed E-state index contributed by atoms with van der Waals surface area (Å²) in [7, 11) is 2.11. The van der Waals surface area contributed by atoms with Crippen LogP contribution in [0.2, 0.25) is 0 Å². The number of hydrogen-bond acceptors (Lipinski definition) is 4. The van der Waals surface area contributed by atoms with Crippen LogP contribution in [-0.2, 0) is 0 Å². The highest BCUT2D eigenvalue weighted by Gasteiger charge is 2.18. The molecule has 1 aliphatic rings. The Labute approximate surface area is 113 Å². The van der Waals surface area contributed by atoms with Crippen molar-refractivity contribution in [2.45, 2.75) is 25.7 Å². The van der Waals surface area contributed by atoms with Gasteiger partial charge < -0.3 is 10.6 Å². The third kappa shape index (κ3) is 2.48. The number of hydrogen-bond donors (Lipinski definition) is 1. The average molecular weight is 256 g/mol. The molecule has 0 unspecified atom stereocenters. The van der Waals surface area contributed by atoms with E-state index in [2.05, 4.69) is 21.9 Å². The number of fused-ring (bicyclic) bond motifs is 1. The second-order valence-corrected chi connectivity index (χ2v) is 5.50. The highest BCUT2D eigenvalue weighted by Crippen LogP contribution is 2.29. The molecule has 2 aromatic rings. The minimum Gasteiger partial charge on any atom is -0.399 e. The van der Waals surface area contributed by atoms with E-state index in [0.29, 0.717) is 0 Å². The van der Waals surface area contributed by atoms with Crippen LogP contribution in [0.1, 0.15) is 25.7 Å². The van der Waals surface area contributed by atoms with Gasteiger partial charge in [0.2, 0.25) is 0 Å². The van der Waals surface area contributed by atoms with E-state index in [9.17, 15) is 0 Å². The van der Waals surface area contributed by atoms with Crippen LogP contribution in [0.5, 0.6) is 0 Å². The standard InChI is InChI=1S/C15H20N4/c1-19(9-11-4-2-3-5-11)15-13-8-12(16)6-7-14(13)17-10-18-15/h6-8,10-11H,2-5,9,16H2,1H3. The molecule has 19 heavy (non-hydrogen) atoms. The number of benzene rings is 1. The first-order valence-electron chi connectivity index (χ1n) is 6.95. The van der Waals surface area contributed by atoms with Crippen molar-refractivity contribution in [3.8, 4) is 0 Å². The number of aromatic nitrogens is 2. The highest BCUT2D eigenvalue weighted by molar-refractivity contribution is 5.91. The van der Waals surface area contributed by atoms with Crippen LogP contribution in [-0.4, -0.2) is 23.6 Å². The number of anilines is 2. The molecule has 2 N–H and O–H groups in total. The molecule has 0 amide bonds. The predicted molar refractivity (Wildman–Crippen MR) is 79.2 cm³/mol. The molecule has 0 aliphatic heterocycles. The summed E-state index contributed by atoms with van der Waals surface area (Å²) >= 11 is 0. The van der Waals surface area contributed by atoms with Crippen LogP contribution in [0, 0.1) is 5.92 Å². The fourth-order valence-corrected chi connectivity index (χ4v) is 3.03. The summed E-state index contributed by atoms with van der Waals surface area (Å²) in [5, 5.41) is 1.04. The minimum absolute atomic E-state index is 0.762. The lowest BCUT2D eigenvalue weighted by atomic mass is 10.1. The normalized spacial score (nSPS) is 16.1. The fraction of sp³-hybridized carbons (Fsp3) is 0.467. The largest absolute Gasteiger partial charge is 0.399 e. The summed E-state index contributed by atoms with van der Waals surface area (Å²) in [4.78, 5) is 11.0. The molecule has 0 bridgehead atoms. The zero-order valence-electron chi connectivity index (χ0n) is 11.3. The summed E-state index contributed by atoms with van der Waals surface area (Å²) in [5.74, 6) is 1.79. The third-order valence-electron chi connectivity index (χ3n) is 4.01. The Balaban J connectivity index is 1.92. The molecule has 0 radical (unpaired) electrons. The monoisotopic (exact) mass is 256 g/mol. The molecular weight excluding hydrogens is 236 g/mol. The summed E-state index contributed by atoms with van der Waals surface area (Å²) in [6.45, 7) is 1.07. The molecule has 1 fully saturated rings. The number of nitrogen functional groups attached to an aromatic ring is 1. The van der Waals surface area contributed by atoms with E-state index >= 15 is 0 Å². The van der Waals surface area contributed by atoms with Crippen molar-refractivity contribution in [2.24, 2.45) is 5.92 Å². The minimum atomic E-state index is 0.762. The topological polar surface area (TPSA) is 55.0 Å². The van der Waals surface area contributed by atoms with Crippen LogP contribution < -0.4 is 10.6 Å². The molecule has 4 heteroatoms. The molecular formula is C15H20N4. The zero-order chi connectivity index (χ0) is 13.2. The van der Waals surface area contributed by atoms with Gasteiger partial charge in [-0.1, -0.05) is 12.8 Å². The SMILES string of the molecule is CN(CC1CCCC1)c1ncnc2ccc(N)cc12.